The maximum Gasteiger partial charge on any atom is 0.250 e. The van der Waals surface area contributed by atoms with Crippen LogP contribution in [0, 0.1) is 0 Å². The second-order valence-corrected chi connectivity index (χ2v) is 5.53. The van der Waals surface area contributed by atoms with Crippen LogP contribution in [-0.2, 0) is 16.1 Å². The van der Waals surface area contributed by atoms with E-state index in [0.29, 0.717) is 37.1 Å². The Hall–Kier alpha value is -2.64. The normalized spacial score (nSPS) is 16.9. The molecule has 0 saturated carbocycles. The highest BCUT2D eigenvalue weighted by atomic mass is 16.5. The fourth-order valence-electron chi connectivity index (χ4n) is 2.46. The lowest BCUT2D eigenvalue weighted by Gasteiger charge is -2.22. The zero-order chi connectivity index (χ0) is 17.5. The summed E-state index contributed by atoms with van der Waals surface area (Å²) in [5.41, 5.74) is 0.780. The zero-order valence-electron chi connectivity index (χ0n) is 14.0. The van der Waals surface area contributed by atoms with Gasteiger partial charge in [0.15, 0.2) is 0 Å². The van der Waals surface area contributed by atoms with E-state index in [1.807, 2.05) is 24.3 Å². The minimum Gasteiger partial charge on any atom is -0.497 e. The SMILES string of the molecule is COc1cccc(Oc2ncccc2CNC(=O)C2CNCCO2)c1. The number of aromatic nitrogens is 1. The molecule has 1 fully saturated rings. The largest absolute Gasteiger partial charge is 0.497 e. The molecule has 1 aliphatic heterocycles. The number of morpholine rings is 1. The van der Waals surface area contributed by atoms with E-state index in [-0.39, 0.29) is 5.91 Å². The molecule has 25 heavy (non-hydrogen) atoms. The first kappa shape index (κ1) is 17.2. The van der Waals surface area contributed by atoms with E-state index in [9.17, 15) is 4.79 Å². The van der Waals surface area contributed by atoms with Crippen LogP contribution in [0.1, 0.15) is 5.56 Å². The van der Waals surface area contributed by atoms with Crippen molar-refractivity contribution in [1.82, 2.24) is 15.6 Å². The molecule has 7 heteroatoms. The molecule has 0 spiro atoms. The highest BCUT2D eigenvalue weighted by molar-refractivity contribution is 5.81. The Bertz CT molecular complexity index is 717. The predicted molar refractivity (Wildman–Crippen MR) is 91.8 cm³/mol. The van der Waals surface area contributed by atoms with Crippen molar-refractivity contribution in [2.75, 3.05) is 26.8 Å². The van der Waals surface area contributed by atoms with Gasteiger partial charge in [-0.3, -0.25) is 4.79 Å². The molecule has 0 radical (unpaired) electrons. The minimum absolute atomic E-state index is 0.150. The molecule has 1 aliphatic rings. The summed E-state index contributed by atoms with van der Waals surface area (Å²) in [6.45, 7) is 2.14. The molecular formula is C18H21N3O4. The number of benzene rings is 1. The monoisotopic (exact) mass is 343 g/mol. The Kier molecular flexibility index (Phi) is 5.81. The average Bonchev–Trinajstić information content (AvgIpc) is 2.68. The van der Waals surface area contributed by atoms with Gasteiger partial charge < -0.3 is 24.8 Å². The Labute approximate surface area is 146 Å². The molecule has 1 saturated heterocycles. The number of methoxy groups -OCH3 is 1. The first-order chi connectivity index (χ1) is 12.3. The molecule has 132 valence electrons. The minimum atomic E-state index is -0.465. The molecule has 1 unspecified atom stereocenters. The molecule has 1 atom stereocenters. The third-order valence-corrected chi connectivity index (χ3v) is 3.78. The summed E-state index contributed by atoms with van der Waals surface area (Å²) in [7, 11) is 1.60. The van der Waals surface area contributed by atoms with Crippen LogP contribution in [0.25, 0.3) is 0 Å². The molecule has 7 nitrogen and oxygen atoms in total. The fraction of sp³-hybridized carbons (Fsp3) is 0.333. The zero-order valence-corrected chi connectivity index (χ0v) is 14.0. The van der Waals surface area contributed by atoms with E-state index in [1.165, 1.54) is 0 Å². The lowest BCUT2D eigenvalue weighted by Crippen LogP contribution is -2.47. The van der Waals surface area contributed by atoms with Crippen molar-refractivity contribution < 1.29 is 19.0 Å². The Balaban J connectivity index is 1.65. The van der Waals surface area contributed by atoms with Gasteiger partial charge in [-0.2, -0.15) is 0 Å². The highest BCUT2D eigenvalue weighted by Gasteiger charge is 2.21. The number of pyridine rings is 1. The van der Waals surface area contributed by atoms with Gasteiger partial charge >= 0.3 is 0 Å². The van der Waals surface area contributed by atoms with Gasteiger partial charge in [-0.1, -0.05) is 12.1 Å². The van der Waals surface area contributed by atoms with Crippen molar-refractivity contribution in [3.63, 3.8) is 0 Å². The summed E-state index contributed by atoms with van der Waals surface area (Å²) in [6, 6.07) is 10.9. The van der Waals surface area contributed by atoms with E-state index in [1.54, 1.807) is 25.4 Å². The molecular weight excluding hydrogens is 322 g/mol. The number of carbonyl (C=O) groups excluding carboxylic acids is 1. The van der Waals surface area contributed by atoms with Crippen molar-refractivity contribution in [1.29, 1.82) is 0 Å². The molecule has 0 aliphatic carbocycles. The lowest BCUT2D eigenvalue weighted by atomic mass is 10.2. The third-order valence-electron chi connectivity index (χ3n) is 3.78. The molecule has 2 N–H and O–H groups in total. The number of rotatable bonds is 6. The number of carbonyl (C=O) groups is 1. The summed E-state index contributed by atoms with van der Waals surface area (Å²) in [5.74, 6) is 1.61. The number of nitrogens with zero attached hydrogens (tertiary/aromatic N) is 1. The van der Waals surface area contributed by atoms with E-state index in [0.717, 1.165) is 12.1 Å². The van der Waals surface area contributed by atoms with Gasteiger partial charge in [-0.15, -0.1) is 0 Å². The van der Waals surface area contributed by atoms with Gasteiger partial charge in [0.25, 0.3) is 5.91 Å². The maximum atomic E-state index is 12.2. The van der Waals surface area contributed by atoms with Crippen LogP contribution in [0.2, 0.25) is 0 Å². The van der Waals surface area contributed by atoms with Gasteiger partial charge in [-0.25, -0.2) is 4.98 Å². The van der Waals surface area contributed by atoms with Crippen molar-refractivity contribution >= 4 is 5.91 Å². The second kappa shape index (κ2) is 8.46. The van der Waals surface area contributed by atoms with Gasteiger partial charge in [-0.05, 0) is 18.2 Å². The number of hydrogen-bond donors (Lipinski definition) is 2. The Morgan fingerprint density at radius 1 is 1.36 bits per heavy atom. The topological polar surface area (TPSA) is 81.7 Å². The lowest BCUT2D eigenvalue weighted by molar-refractivity contribution is -0.134. The first-order valence-corrected chi connectivity index (χ1v) is 8.12. The van der Waals surface area contributed by atoms with Crippen LogP contribution in [-0.4, -0.2) is 43.8 Å². The van der Waals surface area contributed by atoms with Gasteiger partial charge in [0, 0.05) is 37.5 Å². The standard InChI is InChI=1S/C18H21N3O4/c1-23-14-5-2-6-15(10-14)25-18-13(4-3-7-20-18)11-21-17(22)16-12-19-8-9-24-16/h2-7,10,16,19H,8-9,11-12H2,1H3,(H,21,22). The van der Waals surface area contributed by atoms with E-state index in [4.69, 9.17) is 14.2 Å². The number of ether oxygens (including phenoxy) is 3. The van der Waals surface area contributed by atoms with E-state index < -0.39 is 6.10 Å². The third kappa shape index (κ3) is 4.68. The Morgan fingerprint density at radius 3 is 3.04 bits per heavy atom. The maximum absolute atomic E-state index is 12.2. The number of nitrogens with one attached hydrogen (secondary N) is 2. The average molecular weight is 343 g/mol. The van der Waals surface area contributed by atoms with Crippen LogP contribution in [0.4, 0.5) is 0 Å². The van der Waals surface area contributed by atoms with Crippen molar-refractivity contribution in [3.05, 3.63) is 48.2 Å². The van der Waals surface area contributed by atoms with E-state index >= 15 is 0 Å². The molecule has 2 heterocycles. The molecule has 1 aromatic heterocycles. The summed E-state index contributed by atoms with van der Waals surface area (Å²) >= 11 is 0. The smallest absolute Gasteiger partial charge is 0.250 e. The van der Waals surface area contributed by atoms with Crippen LogP contribution in [0.15, 0.2) is 42.6 Å². The summed E-state index contributed by atoms with van der Waals surface area (Å²) in [6.07, 6.45) is 1.18. The number of hydrogen-bond acceptors (Lipinski definition) is 6. The fourth-order valence-corrected chi connectivity index (χ4v) is 2.46. The van der Waals surface area contributed by atoms with E-state index in [2.05, 4.69) is 15.6 Å². The molecule has 2 aromatic rings. The number of amides is 1. The predicted octanol–water partition coefficient (Wildman–Crippen LogP) is 1.49. The Morgan fingerprint density at radius 2 is 2.24 bits per heavy atom. The van der Waals surface area contributed by atoms with Gasteiger partial charge in [0.05, 0.1) is 13.7 Å². The summed E-state index contributed by atoms with van der Waals surface area (Å²) < 4.78 is 16.5. The molecule has 3 rings (SSSR count). The highest BCUT2D eigenvalue weighted by Crippen LogP contribution is 2.26. The van der Waals surface area contributed by atoms with Crippen molar-refractivity contribution in [2.45, 2.75) is 12.6 Å². The van der Waals surface area contributed by atoms with Crippen LogP contribution in [0.3, 0.4) is 0 Å². The van der Waals surface area contributed by atoms with Gasteiger partial charge in [0.1, 0.15) is 17.6 Å². The summed E-state index contributed by atoms with van der Waals surface area (Å²) in [4.78, 5) is 16.4. The quantitative estimate of drug-likeness (QED) is 0.827. The summed E-state index contributed by atoms with van der Waals surface area (Å²) in [5, 5.41) is 6.00. The van der Waals surface area contributed by atoms with Crippen LogP contribution in [0.5, 0.6) is 17.4 Å². The van der Waals surface area contributed by atoms with Crippen molar-refractivity contribution in [2.24, 2.45) is 0 Å². The van der Waals surface area contributed by atoms with Crippen molar-refractivity contribution in [3.8, 4) is 17.4 Å². The molecule has 1 amide bonds. The van der Waals surface area contributed by atoms with Crippen LogP contribution < -0.4 is 20.1 Å². The second-order valence-electron chi connectivity index (χ2n) is 5.53. The molecule has 1 aromatic carbocycles. The van der Waals surface area contributed by atoms with Gasteiger partial charge in [0.2, 0.25) is 5.88 Å². The molecule has 0 bridgehead atoms. The first-order valence-electron chi connectivity index (χ1n) is 8.12. The van der Waals surface area contributed by atoms with Crippen LogP contribution >= 0.6 is 0 Å².